The number of furan rings is 1. The van der Waals surface area contributed by atoms with E-state index in [-0.39, 0.29) is 24.6 Å². The number of hydrogen-bond acceptors (Lipinski definition) is 8. The van der Waals surface area contributed by atoms with Crippen LogP contribution >= 0.6 is 23.4 Å². The summed E-state index contributed by atoms with van der Waals surface area (Å²) in [5.41, 5.74) is 5.70. The fraction of sp³-hybridized carbons (Fsp3) is 0.263. The molecule has 10 nitrogen and oxygen atoms in total. The fourth-order valence-electron chi connectivity index (χ4n) is 2.88. The molecule has 0 saturated carbocycles. The molecule has 3 heterocycles. The smallest absolute Gasteiger partial charge is 0.234 e. The Morgan fingerprint density at radius 1 is 1.23 bits per heavy atom. The van der Waals surface area contributed by atoms with Crippen molar-refractivity contribution in [3.8, 4) is 23.1 Å². The lowest BCUT2D eigenvalue weighted by Gasteiger charge is -2.20. The number of thioether (sulfide) groups is 1. The number of nitrogens with zero attached hydrogens (tertiary/aromatic N) is 3. The maximum absolute atomic E-state index is 12.5. The number of nitrogens with two attached hydrogens (primary N) is 1. The van der Waals surface area contributed by atoms with E-state index in [4.69, 9.17) is 31.2 Å². The Labute approximate surface area is 186 Å². The molecule has 3 N–H and O–H groups in total. The minimum Gasteiger partial charge on any atom is -0.486 e. The number of carbonyl (C=O) groups excluding carboxylic acids is 2. The number of aromatic nitrogens is 3. The highest BCUT2D eigenvalue weighted by molar-refractivity contribution is 7.99. The van der Waals surface area contributed by atoms with Gasteiger partial charge in [0.15, 0.2) is 28.2 Å². The topological polar surface area (TPSA) is 134 Å². The van der Waals surface area contributed by atoms with Gasteiger partial charge in [0.2, 0.25) is 11.8 Å². The van der Waals surface area contributed by atoms with E-state index in [9.17, 15) is 9.59 Å². The number of fused-ring (bicyclic) bond motifs is 1. The van der Waals surface area contributed by atoms with Crippen LogP contribution in [0.4, 0.5) is 5.69 Å². The third-order valence-electron chi connectivity index (χ3n) is 4.28. The van der Waals surface area contributed by atoms with Gasteiger partial charge < -0.3 is 24.9 Å². The average Bonchev–Trinajstić information content (AvgIpc) is 3.41. The van der Waals surface area contributed by atoms with Crippen molar-refractivity contribution in [1.82, 2.24) is 14.8 Å². The molecule has 0 spiro atoms. The van der Waals surface area contributed by atoms with Crippen LogP contribution in [0, 0.1) is 0 Å². The number of anilines is 1. The van der Waals surface area contributed by atoms with Gasteiger partial charge in [-0.05, 0) is 12.1 Å². The Balaban J connectivity index is 1.45. The van der Waals surface area contributed by atoms with Gasteiger partial charge in [0.1, 0.15) is 13.2 Å². The highest BCUT2D eigenvalue weighted by atomic mass is 35.5. The molecule has 3 aromatic rings. The van der Waals surface area contributed by atoms with Gasteiger partial charge in [-0.15, -0.1) is 10.2 Å². The van der Waals surface area contributed by atoms with E-state index >= 15 is 0 Å². The quantitative estimate of drug-likeness (QED) is 0.486. The minimum absolute atomic E-state index is 0.0393. The van der Waals surface area contributed by atoms with Gasteiger partial charge in [0.25, 0.3) is 0 Å². The second kappa shape index (κ2) is 9.31. The Bertz CT molecular complexity index is 1100. The standard InChI is InChI=1S/C19H18ClN5O5S/c20-11-8-14-15(30-7-6-29-14)9-12(11)22-17(27)10-31-19-24-23-18(13-2-1-5-28-13)25(19)4-3-16(21)26/h1-2,5,8-9H,3-4,6-7,10H2,(H2,21,26)(H,22,27). The maximum atomic E-state index is 12.5. The average molecular weight is 464 g/mol. The highest BCUT2D eigenvalue weighted by Gasteiger charge is 2.19. The lowest BCUT2D eigenvalue weighted by Crippen LogP contribution is -2.18. The summed E-state index contributed by atoms with van der Waals surface area (Å²) >= 11 is 7.40. The summed E-state index contributed by atoms with van der Waals surface area (Å²) in [6, 6.07) is 6.69. The second-order valence-corrected chi connectivity index (χ2v) is 7.81. The second-order valence-electron chi connectivity index (χ2n) is 6.46. The zero-order valence-electron chi connectivity index (χ0n) is 16.2. The molecule has 12 heteroatoms. The summed E-state index contributed by atoms with van der Waals surface area (Å²) in [5.74, 6) is 1.29. The van der Waals surface area contributed by atoms with E-state index in [1.165, 1.54) is 6.26 Å². The van der Waals surface area contributed by atoms with Crippen molar-refractivity contribution in [3.63, 3.8) is 0 Å². The number of primary amides is 1. The van der Waals surface area contributed by atoms with Gasteiger partial charge in [-0.25, -0.2) is 0 Å². The molecular formula is C19H18ClN5O5S. The number of rotatable bonds is 8. The molecule has 4 rings (SSSR count). The van der Waals surface area contributed by atoms with E-state index in [1.54, 1.807) is 28.8 Å². The van der Waals surface area contributed by atoms with Crippen molar-refractivity contribution in [2.75, 3.05) is 24.3 Å². The Morgan fingerprint density at radius 2 is 2.00 bits per heavy atom. The number of hydrogen-bond donors (Lipinski definition) is 2. The van der Waals surface area contributed by atoms with Crippen LogP contribution in [-0.2, 0) is 16.1 Å². The lowest BCUT2D eigenvalue weighted by molar-refractivity contribution is -0.118. The summed E-state index contributed by atoms with van der Waals surface area (Å²) < 4.78 is 18.1. The van der Waals surface area contributed by atoms with Gasteiger partial charge in [-0.3, -0.25) is 14.2 Å². The minimum atomic E-state index is -0.457. The Morgan fingerprint density at radius 3 is 2.71 bits per heavy atom. The van der Waals surface area contributed by atoms with Crippen molar-refractivity contribution < 1.29 is 23.5 Å². The van der Waals surface area contributed by atoms with Gasteiger partial charge in [0.05, 0.1) is 22.7 Å². The summed E-state index contributed by atoms with van der Waals surface area (Å²) in [5, 5.41) is 11.8. The summed E-state index contributed by atoms with van der Waals surface area (Å²) in [6.45, 7) is 1.13. The van der Waals surface area contributed by atoms with Crippen molar-refractivity contribution >= 4 is 40.9 Å². The predicted molar refractivity (Wildman–Crippen MR) is 113 cm³/mol. The molecule has 0 aliphatic carbocycles. The first kappa shape index (κ1) is 21.1. The molecule has 31 heavy (non-hydrogen) atoms. The van der Waals surface area contributed by atoms with Gasteiger partial charge >= 0.3 is 0 Å². The van der Waals surface area contributed by atoms with Crippen molar-refractivity contribution in [2.45, 2.75) is 18.1 Å². The number of halogens is 1. The van der Waals surface area contributed by atoms with E-state index < -0.39 is 5.91 Å². The number of carbonyl (C=O) groups is 2. The molecule has 0 bridgehead atoms. The van der Waals surface area contributed by atoms with Crippen LogP contribution in [-0.4, -0.2) is 45.5 Å². The van der Waals surface area contributed by atoms with Crippen molar-refractivity contribution in [3.05, 3.63) is 35.6 Å². The Hall–Kier alpha value is -3.18. The number of amides is 2. The first-order valence-electron chi connectivity index (χ1n) is 9.28. The normalized spacial score (nSPS) is 12.5. The van der Waals surface area contributed by atoms with E-state index in [2.05, 4.69) is 15.5 Å². The van der Waals surface area contributed by atoms with E-state index in [0.717, 1.165) is 11.8 Å². The number of nitrogens with one attached hydrogen (secondary N) is 1. The van der Waals surface area contributed by atoms with Crippen LogP contribution in [0.2, 0.25) is 5.02 Å². The molecule has 1 aromatic carbocycles. The van der Waals surface area contributed by atoms with Crippen molar-refractivity contribution in [1.29, 1.82) is 0 Å². The van der Waals surface area contributed by atoms with E-state index in [0.29, 0.717) is 52.2 Å². The van der Waals surface area contributed by atoms with Crippen LogP contribution in [0.3, 0.4) is 0 Å². The molecule has 0 fully saturated rings. The molecule has 1 aliphatic rings. The maximum Gasteiger partial charge on any atom is 0.234 e. The predicted octanol–water partition coefficient (Wildman–Crippen LogP) is 2.57. The zero-order chi connectivity index (χ0) is 21.8. The van der Waals surface area contributed by atoms with Gasteiger partial charge in [-0.1, -0.05) is 23.4 Å². The van der Waals surface area contributed by atoms with Crippen LogP contribution in [0.25, 0.3) is 11.6 Å². The lowest BCUT2D eigenvalue weighted by atomic mass is 10.2. The first-order chi connectivity index (χ1) is 15.0. The summed E-state index contributed by atoms with van der Waals surface area (Å²) in [7, 11) is 0. The third-order valence-corrected chi connectivity index (χ3v) is 5.56. The molecule has 0 radical (unpaired) electrons. The molecule has 2 amide bonds. The summed E-state index contributed by atoms with van der Waals surface area (Å²) in [4.78, 5) is 23.8. The van der Waals surface area contributed by atoms with Crippen LogP contribution in [0.15, 0.2) is 40.1 Å². The Kier molecular flexibility index (Phi) is 6.33. The molecule has 1 aliphatic heterocycles. The fourth-order valence-corrected chi connectivity index (χ4v) is 3.85. The number of ether oxygens (including phenoxy) is 2. The van der Waals surface area contributed by atoms with Gasteiger partial charge in [-0.2, -0.15) is 0 Å². The van der Waals surface area contributed by atoms with Crippen LogP contribution in [0.5, 0.6) is 11.5 Å². The molecule has 0 unspecified atom stereocenters. The molecule has 162 valence electrons. The van der Waals surface area contributed by atoms with Crippen LogP contribution in [0.1, 0.15) is 6.42 Å². The van der Waals surface area contributed by atoms with Crippen LogP contribution < -0.4 is 20.5 Å². The molecule has 2 aromatic heterocycles. The molecular weight excluding hydrogens is 446 g/mol. The summed E-state index contributed by atoms with van der Waals surface area (Å²) in [6.07, 6.45) is 1.61. The molecule has 0 saturated heterocycles. The number of benzene rings is 1. The SMILES string of the molecule is NC(=O)CCn1c(SCC(=O)Nc2cc3c(cc2Cl)OCCO3)nnc1-c1ccco1. The van der Waals surface area contributed by atoms with Gasteiger partial charge in [0, 0.05) is 25.1 Å². The first-order valence-corrected chi connectivity index (χ1v) is 10.6. The highest BCUT2D eigenvalue weighted by Crippen LogP contribution is 2.38. The third kappa shape index (κ3) is 4.94. The zero-order valence-corrected chi connectivity index (χ0v) is 17.7. The van der Waals surface area contributed by atoms with E-state index in [1.807, 2.05) is 0 Å². The van der Waals surface area contributed by atoms with Crippen molar-refractivity contribution in [2.24, 2.45) is 5.73 Å². The monoisotopic (exact) mass is 463 g/mol. The largest absolute Gasteiger partial charge is 0.486 e. The molecule has 0 atom stereocenters.